The van der Waals surface area contributed by atoms with E-state index in [1.54, 1.807) is 0 Å². The summed E-state index contributed by atoms with van der Waals surface area (Å²) in [6.45, 7) is 7.05. The van der Waals surface area contributed by atoms with Gasteiger partial charge in [0.1, 0.15) is 17.5 Å². The second-order valence-corrected chi connectivity index (χ2v) is 6.28. The Morgan fingerprint density at radius 2 is 2.14 bits per heavy atom. The van der Waals surface area contributed by atoms with Crippen molar-refractivity contribution in [3.8, 4) is 0 Å². The fraction of sp³-hybridized carbons (Fsp3) is 0.750. The summed E-state index contributed by atoms with van der Waals surface area (Å²) in [5.41, 5.74) is 0. The van der Waals surface area contributed by atoms with Gasteiger partial charge in [0.2, 0.25) is 0 Å². The molecule has 0 amide bonds. The highest BCUT2D eigenvalue weighted by Gasteiger charge is 2.42. The number of aromatic nitrogens is 2. The molecule has 3 unspecified atom stereocenters. The van der Waals surface area contributed by atoms with Crippen LogP contribution in [0.15, 0.2) is 6.07 Å². The highest BCUT2D eigenvalue weighted by molar-refractivity contribution is 5.50. The third-order valence-corrected chi connectivity index (χ3v) is 4.73. The molecule has 3 rings (SSSR count). The van der Waals surface area contributed by atoms with Gasteiger partial charge >= 0.3 is 0 Å². The van der Waals surface area contributed by atoms with Gasteiger partial charge in [-0.2, -0.15) is 0 Å². The Morgan fingerprint density at radius 1 is 1.29 bits per heavy atom. The highest BCUT2D eigenvalue weighted by Crippen LogP contribution is 2.39. The normalized spacial score (nSPS) is 28.0. The summed E-state index contributed by atoms with van der Waals surface area (Å²) in [7, 11) is 0. The van der Waals surface area contributed by atoms with Crippen LogP contribution in [0, 0.1) is 11.8 Å². The highest BCUT2D eigenvalue weighted by atomic mass is 16.3. The van der Waals surface area contributed by atoms with Gasteiger partial charge in [-0.25, -0.2) is 9.97 Å². The van der Waals surface area contributed by atoms with Crippen molar-refractivity contribution in [2.24, 2.45) is 11.8 Å². The van der Waals surface area contributed by atoms with Gasteiger partial charge < -0.3 is 15.3 Å². The zero-order valence-corrected chi connectivity index (χ0v) is 13.0. The molecule has 3 atom stereocenters. The van der Waals surface area contributed by atoms with E-state index in [9.17, 15) is 5.11 Å². The molecule has 2 heterocycles. The van der Waals surface area contributed by atoms with E-state index in [0.29, 0.717) is 11.8 Å². The summed E-state index contributed by atoms with van der Waals surface area (Å²) in [6.07, 6.45) is 3.96. The molecule has 1 aromatic rings. The van der Waals surface area contributed by atoms with Crippen molar-refractivity contribution in [1.29, 1.82) is 0 Å². The lowest BCUT2D eigenvalue weighted by Crippen LogP contribution is -2.25. The van der Waals surface area contributed by atoms with Crippen LogP contribution in [-0.2, 0) is 6.42 Å². The van der Waals surface area contributed by atoms with Gasteiger partial charge in [-0.1, -0.05) is 6.92 Å². The Bertz CT molecular complexity index is 469. The van der Waals surface area contributed by atoms with Gasteiger partial charge in [-0.15, -0.1) is 0 Å². The molecule has 0 bridgehead atoms. The second-order valence-electron chi connectivity index (χ2n) is 6.28. The number of hydrogen-bond donors (Lipinski definition) is 2. The maximum atomic E-state index is 10.1. The molecule has 0 spiro atoms. The molecular formula is C16H26N4O. The average molecular weight is 290 g/mol. The maximum absolute atomic E-state index is 10.1. The summed E-state index contributed by atoms with van der Waals surface area (Å²) in [6, 6.07) is 2.05. The summed E-state index contributed by atoms with van der Waals surface area (Å²) >= 11 is 0. The van der Waals surface area contributed by atoms with Crippen LogP contribution >= 0.6 is 0 Å². The van der Waals surface area contributed by atoms with Crippen LogP contribution in [0.25, 0.3) is 0 Å². The van der Waals surface area contributed by atoms with E-state index >= 15 is 0 Å². The minimum atomic E-state index is -0.120. The minimum Gasteiger partial charge on any atom is -0.393 e. The average Bonchev–Trinajstić information content (AvgIpc) is 3.02. The zero-order chi connectivity index (χ0) is 14.8. The number of nitrogens with zero attached hydrogens (tertiary/aromatic N) is 3. The Kier molecular flexibility index (Phi) is 4.29. The number of aryl methyl sites for hydroxylation is 1. The number of aliphatic hydroxyl groups is 1. The standard InChI is InChI=1S/C16H26N4O/c1-3-5-14-18-15(17-4-2)8-16(19-14)20-9-11-6-7-13(21)12(11)10-20/h8,11-13,21H,3-7,9-10H2,1-2H3,(H,17,18,19). The SMILES string of the molecule is CCCc1nc(NCC)cc(N2CC3CCC(O)C3C2)n1. The number of fused-ring (bicyclic) bond motifs is 1. The Morgan fingerprint density at radius 3 is 2.86 bits per heavy atom. The second kappa shape index (κ2) is 6.18. The molecule has 0 radical (unpaired) electrons. The van der Waals surface area contributed by atoms with Crippen molar-refractivity contribution in [3.63, 3.8) is 0 Å². The largest absolute Gasteiger partial charge is 0.393 e. The van der Waals surface area contributed by atoms with Gasteiger partial charge in [0.05, 0.1) is 6.10 Å². The van der Waals surface area contributed by atoms with Crippen molar-refractivity contribution in [3.05, 3.63) is 11.9 Å². The third kappa shape index (κ3) is 2.98. The summed E-state index contributed by atoms with van der Waals surface area (Å²) in [4.78, 5) is 11.6. The zero-order valence-electron chi connectivity index (χ0n) is 13.0. The molecule has 2 N–H and O–H groups in total. The molecular weight excluding hydrogens is 264 g/mol. The lowest BCUT2D eigenvalue weighted by atomic mass is 10.00. The van der Waals surface area contributed by atoms with Gasteiger partial charge in [0.15, 0.2) is 0 Å². The van der Waals surface area contributed by atoms with Crippen molar-refractivity contribution in [2.45, 2.75) is 45.6 Å². The summed E-state index contributed by atoms with van der Waals surface area (Å²) in [5, 5.41) is 13.4. The van der Waals surface area contributed by atoms with Gasteiger partial charge in [-0.05, 0) is 32.1 Å². The van der Waals surface area contributed by atoms with E-state index in [0.717, 1.165) is 62.8 Å². The van der Waals surface area contributed by atoms with Crippen molar-refractivity contribution < 1.29 is 5.11 Å². The number of anilines is 2. The first-order chi connectivity index (χ1) is 10.2. The van der Waals surface area contributed by atoms with E-state index < -0.39 is 0 Å². The number of hydrogen-bond acceptors (Lipinski definition) is 5. The fourth-order valence-corrected chi connectivity index (χ4v) is 3.68. The molecule has 2 aliphatic rings. The Hall–Kier alpha value is -1.36. The van der Waals surface area contributed by atoms with Crippen LogP contribution < -0.4 is 10.2 Å². The first kappa shape index (κ1) is 14.6. The molecule has 21 heavy (non-hydrogen) atoms. The smallest absolute Gasteiger partial charge is 0.134 e. The molecule has 1 saturated heterocycles. The lowest BCUT2D eigenvalue weighted by Gasteiger charge is -2.20. The van der Waals surface area contributed by atoms with Crippen LogP contribution in [0.5, 0.6) is 0 Å². The molecule has 0 aromatic carbocycles. The first-order valence-electron chi connectivity index (χ1n) is 8.26. The number of nitrogens with one attached hydrogen (secondary N) is 1. The first-order valence-corrected chi connectivity index (χ1v) is 8.26. The Labute approximate surface area is 126 Å². The maximum Gasteiger partial charge on any atom is 0.134 e. The molecule has 1 aliphatic heterocycles. The summed E-state index contributed by atoms with van der Waals surface area (Å²) in [5.74, 6) is 3.92. The molecule has 1 aliphatic carbocycles. The third-order valence-electron chi connectivity index (χ3n) is 4.73. The van der Waals surface area contributed by atoms with Crippen LogP contribution in [0.1, 0.15) is 38.9 Å². The number of aliphatic hydroxyl groups excluding tert-OH is 1. The molecule has 5 heteroatoms. The van der Waals surface area contributed by atoms with Crippen LogP contribution in [0.3, 0.4) is 0 Å². The quantitative estimate of drug-likeness (QED) is 0.869. The molecule has 116 valence electrons. The summed E-state index contributed by atoms with van der Waals surface area (Å²) < 4.78 is 0. The van der Waals surface area contributed by atoms with E-state index in [1.165, 1.54) is 0 Å². The van der Waals surface area contributed by atoms with Crippen LogP contribution in [-0.4, -0.2) is 40.8 Å². The van der Waals surface area contributed by atoms with Crippen molar-refractivity contribution >= 4 is 11.6 Å². The van der Waals surface area contributed by atoms with E-state index in [-0.39, 0.29) is 6.10 Å². The molecule has 1 aromatic heterocycles. The van der Waals surface area contributed by atoms with Gasteiger partial charge in [0, 0.05) is 38.0 Å². The minimum absolute atomic E-state index is 0.120. The molecule has 1 saturated carbocycles. The number of rotatable bonds is 5. The van der Waals surface area contributed by atoms with E-state index in [1.807, 2.05) is 0 Å². The topological polar surface area (TPSA) is 61.3 Å². The van der Waals surface area contributed by atoms with E-state index in [2.05, 4.69) is 35.1 Å². The van der Waals surface area contributed by atoms with Crippen molar-refractivity contribution in [2.75, 3.05) is 29.9 Å². The van der Waals surface area contributed by atoms with Crippen LogP contribution in [0.2, 0.25) is 0 Å². The predicted octanol–water partition coefficient (Wildman–Crippen LogP) is 2.07. The molecule has 2 fully saturated rings. The van der Waals surface area contributed by atoms with Crippen LogP contribution in [0.4, 0.5) is 11.6 Å². The Balaban J connectivity index is 1.81. The molecule has 5 nitrogen and oxygen atoms in total. The fourth-order valence-electron chi connectivity index (χ4n) is 3.68. The van der Waals surface area contributed by atoms with Crippen molar-refractivity contribution in [1.82, 2.24) is 9.97 Å². The van der Waals surface area contributed by atoms with Gasteiger partial charge in [0.25, 0.3) is 0 Å². The lowest BCUT2D eigenvalue weighted by molar-refractivity contribution is 0.133. The predicted molar refractivity (Wildman–Crippen MR) is 84.6 cm³/mol. The van der Waals surface area contributed by atoms with E-state index in [4.69, 9.17) is 4.98 Å². The van der Waals surface area contributed by atoms with Gasteiger partial charge in [-0.3, -0.25) is 0 Å². The monoisotopic (exact) mass is 290 g/mol.